The number of rotatable bonds is 3. The predicted molar refractivity (Wildman–Crippen MR) is 99.9 cm³/mol. The number of nitrogens with zero attached hydrogens (tertiary/aromatic N) is 4. The van der Waals surface area contributed by atoms with Crippen LogP contribution in [0.5, 0.6) is 0 Å². The summed E-state index contributed by atoms with van der Waals surface area (Å²) in [6.45, 7) is 8.41. The summed E-state index contributed by atoms with van der Waals surface area (Å²) in [4.78, 5) is 31.4. The standard InChI is InChI=1S/C20H30N4O2/c1-14-4-5-15(2)24(14)17-6-8-22(9-7-17)20(26)16-10-19(25)23(11-16)18-12-21(3)13-18/h4-5,16-18H,6-13H2,1-3H3. The first-order valence-corrected chi connectivity index (χ1v) is 9.85. The van der Waals surface area contributed by atoms with Gasteiger partial charge < -0.3 is 19.3 Å². The molecule has 0 radical (unpaired) electrons. The average Bonchev–Trinajstić information content (AvgIpc) is 3.14. The molecule has 4 heterocycles. The molecule has 0 N–H and O–H groups in total. The lowest BCUT2D eigenvalue weighted by Crippen LogP contribution is -2.58. The minimum Gasteiger partial charge on any atom is -0.346 e. The Kier molecular flexibility index (Phi) is 4.55. The SMILES string of the molecule is Cc1ccc(C)n1C1CCN(C(=O)C2CC(=O)N(C3CN(C)C3)C2)CC1. The van der Waals surface area contributed by atoms with Crippen molar-refractivity contribution in [3.63, 3.8) is 0 Å². The topological polar surface area (TPSA) is 48.8 Å². The molecule has 2 amide bonds. The molecule has 1 aromatic rings. The first-order chi connectivity index (χ1) is 12.4. The van der Waals surface area contributed by atoms with Crippen LogP contribution >= 0.6 is 0 Å². The summed E-state index contributed by atoms with van der Waals surface area (Å²) in [6.07, 6.45) is 2.40. The fourth-order valence-electron chi connectivity index (χ4n) is 4.97. The zero-order valence-corrected chi connectivity index (χ0v) is 16.1. The first kappa shape index (κ1) is 17.6. The molecule has 0 aromatic carbocycles. The van der Waals surface area contributed by atoms with Crippen molar-refractivity contribution >= 4 is 11.8 Å². The Hall–Kier alpha value is -1.82. The van der Waals surface area contributed by atoms with E-state index in [9.17, 15) is 9.59 Å². The van der Waals surface area contributed by atoms with Crippen molar-refractivity contribution in [2.24, 2.45) is 5.92 Å². The molecule has 0 spiro atoms. The second-order valence-corrected chi connectivity index (χ2v) is 8.36. The Labute approximate surface area is 155 Å². The molecule has 0 saturated carbocycles. The molecule has 3 aliphatic rings. The number of aryl methyl sites for hydroxylation is 2. The van der Waals surface area contributed by atoms with Crippen LogP contribution in [-0.2, 0) is 9.59 Å². The van der Waals surface area contributed by atoms with Gasteiger partial charge in [-0.2, -0.15) is 0 Å². The van der Waals surface area contributed by atoms with Gasteiger partial charge in [0.15, 0.2) is 0 Å². The Bertz CT molecular complexity index is 679. The fourth-order valence-corrected chi connectivity index (χ4v) is 4.97. The summed E-state index contributed by atoms with van der Waals surface area (Å²) in [5.41, 5.74) is 2.60. The molecule has 3 fully saturated rings. The monoisotopic (exact) mass is 358 g/mol. The van der Waals surface area contributed by atoms with E-state index >= 15 is 0 Å². The number of amides is 2. The molecule has 142 valence electrons. The number of hydrogen-bond donors (Lipinski definition) is 0. The highest BCUT2D eigenvalue weighted by atomic mass is 16.2. The van der Waals surface area contributed by atoms with Gasteiger partial charge in [-0.3, -0.25) is 9.59 Å². The van der Waals surface area contributed by atoms with Gasteiger partial charge in [-0.15, -0.1) is 0 Å². The van der Waals surface area contributed by atoms with E-state index in [1.807, 2.05) is 9.80 Å². The molecule has 26 heavy (non-hydrogen) atoms. The van der Waals surface area contributed by atoms with Crippen molar-refractivity contribution < 1.29 is 9.59 Å². The van der Waals surface area contributed by atoms with Gasteiger partial charge in [0.25, 0.3) is 0 Å². The van der Waals surface area contributed by atoms with Crippen LogP contribution in [0.4, 0.5) is 0 Å². The summed E-state index contributed by atoms with van der Waals surface area (Å²) in [7, 11) is 2.07. The Morgan fingerprint density at radius 1 is 1.00 bits per heavy atom. The number of likely N-dealkylation sites (tertiary alicyclic amines) is 3. The zero-order chi connectivity index (χ0) is 18.4. The number of hydrogen-bond acceptors (Lipinski definition) is 3. The van der Waals surface area contributed by atoms with E-state index in [4.69, 9.17) is 0 Å². The third kappa shape index (κ3) is 3.04. The van der Waals surface area contributed by atoms with Gasteiger partial charge >= 0.3 is 0 Å². The van der Waals surface area contributed by atoms with Crippen LogP contribution in [-0.4, -0.2) is 76.9 Å². The molecule has 1 aromatic heterocycles. The van der Waals surface area contributed by atoms with Gasteiger partial charge in [-0.1, -0.05) is 0 Å². The zero-order valence-electron chi connectivity index (χ0n) is 16.1. The number of carbonyl (C=O) groups excluding carboxylic acids is 2. The maximum absolute atomic E-state index is 12.9. The van der Waals surface area contributed by atoms with Crippen molar-refractivity contribution in [3.8, 4) is 0 Å². The van der Waals surface area contributed by atoms with Crippen LogP contribution in [0.1, 0.15) is 36.7 Å². The van der Waals surface area contributed by atoms with Gasteiger partial charge in [-0.05, 0) is 45.9 Å². The largest absolute Gasteiger partial charge is 0.346 e. The minimum atomic E-state index is -0.139. The van der Waals surface area contributed by atoms with E-state index in [0.29, 0.717) is 25.0 Å². The van der Waals surface area contributed by atoms with Crippen molar-refractivity contribution in [1.29, 1.82) is 0 Å². The van der Waals surface area contributed by atoms with Crippen LogP contribution in [0.2, 0.25) is 0 Å². The highest BCUT2D eigenvalue weighted by Gasteiger charge is 2.42. The third-order valence-electron chi connectivity index (χ3n) is 6.46. The van der Waals surface area contributed by atoms with Gasteiger partial charge in [0.2, 0.25) is 11.8 Å². The van der Waals surface area contributed by atoms with Crippen molar-refractivity contribution in [1.82, 2.24) is 19.3 Å². The van der Waals surface area contributed by atoms with Crippen LogP contribution in [0.25, 0.3) is 0 Å². The van der Waals surface area contributed by atoms with Crippen LogP contribution in [0, 0.1) is 19.8 Å². The van der Waals surface area contributed by atoms with Gasteiger partial charge in [0.05, 0.1) is 12.0 Å². The summed E-state index contributed by atoms with van der Waals surface area (Å²) in [5, 5.41) is 0. The van der Waals surface area contributed by atoms with Crippen molar-refractivity contribution in [2.75, 3.05) is 39.8 Å². The quantitative estimate of drug-likeness (QED) is 0.821. The molecule has 6 heteroatoms. The lowest BCUT2D eigenvalue weighted by Gasteiger charge is -2.42. The van der Waals surface area contributed by atoms with Gasteiger partial charge in [-0.25, -0.2) is 0 Å². The summed E-state index contributed by atoms with van der Waals surface area (Å²) < 4.78 is 2.41. The molecule has 1 unspecified atom stereocenters. The molecule has 1 atom stereocenters. The second-order valence-electron chi connectivity index (χ2n) is 8.36. The highest BCUT2D eigenvalue weighted by molar-refractivity contribution is 5.89. The summed E-state index contributed by atoms with van der Waals surface area (Å²) >= 11 is 0. The number of piperidine rings is 1. The van der Waals surface area contributed by atoms with E-state index in [-0.39, 0.29) is 17.7 Å². The summed E-state index contributed by atoms with van der Waals surface area (Å²) in [6, 6.07) is 5.14. The van der Waals surface area contributed by atoms with Crippen LogP contribution in [0.15, 0.2) is 12.1 Å². The van der Waals surface area contributed by atoms with Crippen molar-refractivity contribution in [2.45, 2.75) is 45.2 Å². The molecule has 4 rings (SSSR count). The maximum atomic E-state index is 12.9. The van der Waals surface area contributed by atoms with E-state index in [2.05, 4.69) is 42.5 Å². The predicted octanol–water partition coefficient (Wildman–Crippen LogP) is 1.43. The van der Waals surface area contributed by atoms with Crippen LogP contribution in [0.3, 0.4) is 0 Å². The summed E-state index contributed by atoms with van der Waals surface area (Å²) in [5.74, 6) is 0.211. The lowest BCUT2D eigenvalue weighted by atomic mass is 10.0. The Morgan fingerprint density at radius 2 is 1.62 bits per heavy atom. The highest BCUT2D eigenvalue weighted by Crippen LogP contribution is 2.30. The van der Waals surface area contributed by atoms with Crippen LogP contribution < -0.4 is 0 Å². The maximum Gasteiger partial charge on any atom is 0.227 e. The van der Waals surface area contributed by atoms with E-state index < -0.39 is 0 Å². The Morgan fingerprint density at radius 3 is 2.19 bits per heavy atom. The van der Waals surface area contributed by atoms with E-state index in [1.165, 1.54) is 11.4 Å². The van der Waals surface area contributed by atoms with Gasteiger partial charge in [0.1, 0.15) is 0 Å². The Balaban J connectivity index is 1.33. The number of aromatic nitrogens is 1. The van der Waals surface area contributed by atoms with Gasteiger partial charge in [0, 0.05) is 56.6 Å². The van der Waals surface area contributed by atoms with Crippen molar-refractivity contribution in [3.05, 3.63) is 23.5 Å². The lowest BCUT2D eigenvalue weighted by molar-refractivity contribution is -0.137. The molecule has 3 saturated heterocycles. The molecule has 3 aliphatic heterocycles. The second kappa shape index (κ2) is 6.72. The third-order valence-corrected chi connectivity index (χ3v) is 6.46. The molecular formula is C20H30N4O2. The van der Waals surface area contributed by atoms with E-state index in [1.54, 1.807) is 0 Å². The average molecular weight is 358 g/mol. The number of likely N-dealkylation sites (N-methyl/N-ethyl adjacent to an activating group) is 1. The normalized spacial score (nSPS) is 25.8. The molecular weight excluding hydrogens is 328 g/mol. The number of carbonyl (C=O) groups is 2. The molecule has 6 nitrogen and oxygen atoms in total. The molecule has 0 aliphatic carbocycles. The molecule has 0 bridgehead atoms. The smallest absolute Gasteiger partial charge is 0.227 e. The fraction of sp³-hybridized carbons (Fsp3) is 0.700. The first-order valence-electron chi connectivity index (χ1n) is 9.85. The minimum absolute atomic E-state index is 0.139. The van der Waals surface area contributed by atoms with E-state index in [0.717, 1.165) is 39.0 Å².